The molecule has 2 amide bonds. The highest BCUT2D eigenvalue weighted by molar-refractivity contribution is 5.86. The van der Waals surface area contributed by atoms with Crippen LogP contribution in [0.15, 0.2) is 4.99 Å². The Balaban J connectivity index is 3.76. The maximum absolute atomic E-state index is 11.8. The third-order valence-electron chi connectivity index (χ3n) is 3.84. The minimum Gasteiger partial charge on any atom is -0.393 e. The number of carbonyl (C=O) groups is 2. The van der Waals surface area contributed by atoms with Crippen molar-refractivity contribution in [2.75, 3.05) is 32.7 Å². The minimum atomic E-state index is -1.63. The largest absolute Gasteiger partial charge is 0.393 e. The second kappa shape index (κ2) is 17.2. The molecule has 11 heteroatoms. The molecule has 0 bridgehead atoms. The van der Waals surface area contributed by atoms with E-state index in [2.05, 4.69) is 20.9 Å². The molecule has 0 heterocycles. The molecule has 0 unspecified atom stereocenters. The summed E-state index contributed by atoms with van der Waals surface area (Å²) in [6.45, 7) is 3.23. The lowest BCUT2D eigenvalue weighted by molar-refractivity contribution is -0.137. The molecule has 164 valence electrons. The molecule has 2 atom stereocenters. The van der Waals surface area contributed by atoms with Crippen molar-refractivity contribution < 1.29 is 19.8 Å². The number of nitrogens with one attached hydrogen (secondary N) is 3. The van der Waals surface area contributed by atoms with Crippen LogP contribution in [0.4, 0.5) is 0 Å². The molecule has 0 aromatic carbocycles. The van der Waals surface area contributed by atoms with E-state index in [4.69, 9.17) is 17.2 Å². The van der Waals surface area contributed by atoms with Gasteiger partial charge in [-0.2, -0.15) is 0 Å². The Morgan fingerprint density at radius 3 is 2.32 bits per heavy atom. The molecule has 0 aliphatic rings. The van der Waals surface area contributed by atoms with Crippen molar-refractivity contribution in [1.29, 1.82) is 0 Å². The first-order valence-electron chi connectivity index (χ1n) is 9.76. The number of aliphatic hydroxyl groups excluding tert-OH is 2. The quantitative estimate of drug-likeness (QED) is 0.0561. The molecule has 0 saturated heterocycles. The SMILES string of the molecule is NCCCNCCCCNC(=O)[C@H](O)NC(=O)C[C@@H](O)CCCCN=C(N)N. The molecule has 11 N–H and O–H groups in total. The van der Waals surface area contributed by atoms with Gasteiger partial charge in [-0.25, -0.2) is 0 Å². The van der Waals surface area contributed by atoms with Gasteiger partial charge in [0.15, 0.2) is 5.96 Å². The highest BCUT2D eigenvalue weighted by Gasteiger charge is 2.18. The van der Waals surface area contributed by atoms with Crippen LogP contribution in [0.2, 0.25) is 0 Å². The van der Waals surface area contributed by atoms with Gasteiger partial charge in [0.2, 0.25) is 12.1 Å². The van der Waals surface area contributed by atoms with Crippen LogP contribution in [-0.2, 0) is 9.59 Å². The Morgan fingerprint density at radius 1 is 0.964 bits per heavy atom. The number of amides is 2. The molecule has 0 radical (unpaired) electrons. The lowest BCUT2D eigenvalue weighted by Gasteiger charge is -2.15. The van der Waals surface area contributed by atoms with Gasteiger partial charge >= 0.3 is 0 Å². The van der Waals surface area contributed by atoms with Gasteiger partial charge in [0.1, 0.15) is 0 Å². The summed E-state index contributed by atoms with van der Waals surface area (Å²) in [7, 11) is 0. The van der Waals surface area contributed by atoms with Gasteiger partial charge in [-0.05, 0) is 58.2 Å². The number of unbranched alkanes of at least 4 members (excludes halogenated alkanes) is 2. The molecule has 0 aliphatic heterocycles. The number of carbonyl (C=O) groups excluding carboxylic acids is 2. The third-order valence-corrected chi connectivity index (χ3v) is 3.84. The number of guanidine groups is 1. The molecule has 0 aromatic rings. The number of aliphatic hydroxyl groups is 2. The predicted octanol–water partition coefficient (Wildman–Crippen LogP) is -2.55. The zero-order chi connectivity index (χ0) is 21.2. The molecular weight excluding hydrogens is 366 g/mol. The Bertz CT molecular complexity index is 459. The highest BCUT2D eigenvalue weighted by atomic mass is 16.3. The summed E-state index contributed by atoms with van der Waals surface area (Å²) in [5.74, 6) is -1.24. The van der Waals surface area contributed by atoms with Crippen molar-refractivity contribution >= 4 is 17.8 Å². The van der Waals surface area contributed by atoms with Crippen LogP contribution in [0.3, 0.4) is 0 Å². The molecule has 11 nitrogen and oxygen atoms in total. The summed E-state index contributed by atoms with van der Waals surface area (Å²) in [5.41, 5.74) is 15.8. The van der Waals surface area contributed by atoms with E-state index in [0.717, 1.165) is 32.4 Å². The average Bonchev–Trinajstić information content (AvgIpc) is 2.62. The summed E-state index contributed by atoms with van der Waals surface area (Å²) in [4.78, 5) is 27.3. The maximum Gasteiger partial charge on any atom is 0.269 e. The first-order chi connectivity index (χ1) is 13.4. The molecule has 0 saturated carbocycles. The van der Waals surface area contributed by atoms with Crippen molar-refractivity contribution in [3.63, 3.8) is 0 Å². The fourth-order valence-electron chi connectivity index (χ4n) is 2.33. The van der Waals surface area contributed by atoms with Crippen LogP contribution in [-0.4, -0.2) is 73.0 Å². The van der Waals surface area contributed by atoms with Gasteiger partial charge in [-0.1, -0.05) is 0 Å². The van der Waals surface area contributed by atoms with Crippen molar-refractivity contribution in [3.8, 4) is 0 Å². The van der Waals surface area contributed by atoms with Gasteiger partial charge in [0, 0.05) is 13.1 Å². The summed E-state index contributed by atoms with van der Waals surface area (Å²) in [6.07, 6.45) is 1.60. The van der Waals surface area contributed by atoms with E-state index in [0.29, 0.717) is 38.9 Å². The van der Waals surface area contributed by atoms with Crippen LogP contribution >= 0.6 is 0 Å². The second-order valence-corrected chi connectivity index (χ2v) is 6.52. The van der Waals surface area contributed by atoms with Gasteiger partial charge in [-0.15, -0.1) is 0 Å². The minimum absolute atomic E-state index is 0.0198. The predicted molar refractivity (Wildman–Crippen MR) is 108 cm³/mol. The summed E-state index contributed by atoms with van der Waals surface area (Å²) in [5, 5.41) is 27.5. The Kier molecular flexibility index (Phi) is 16.0. The fourth-order valence-corrected chi connectivity index (χ4v) is 2.33. The van der Waals surface area contributed by atoms with E-state index in [1.807, 2.05) is 0 Å². The third kappa shape index (κ3) is 16.2. The van der Waals surface area contributed by atoms with Gasteiger partial charge in [-0.3, -0.25) is 14.6 Å². The van der Waals surface area contributed by atoms with Crippen LogP contribution in [0.1, 0.15) is 44.9 Å². The Hall–Kier alpha value is -1.95. The normalized spacial score (nSPS) is 12.8. The van der Waals surface area contributed by atoms with Gasteiger partial charge in [0.05, 0.1) is 12.5 Å². The van der Waals surface area contributed by atoms with Crippen molar-refractivity contribution in [2.45, 2.75) is 57.3 Å². The van der Waals surface area contributed by atoms with Crippen LogP contribution in [0.5, 0.6) is 0 Å². The number of nitrogens with two attached hydrogens (primary N) is 3. The summed E-state index contributed by atoms with van der Waals surface area (Å²) >= 11 is 0. The zero-order valence-electron chi connectivity index (χ0n) is 16.5. The van der Waals surface area contributed by atoms with E-state index in [1.54, 1.807) is 0 Å². The lowest BCUT2D eigenvalue weighted by Crippen LogP contribution is -2.47. The summed E-state index contributed by atoms with van der Waals surface area (Å²) in [6, 6.07) is 0. The number of hydrogen-bond donors (Lipinski definition) is 8. The van der Waals surface area contributed by atoms with E-state index in [9.17, 15) is 19.8 Å². The number of hydrogen-bond acceptors (Lipinski definition) is 7. The van der Waals surface area contributed by atoms with E-state index in [-0.39, 0.29) is 12.4 Å². The zero-order valence-corrected chi connectivity index (χ0v) is 16.5. The first-order valence-corrected chi connectivity index (χ1v) is 9.76. The smallest absolute Gasteiger partial charge is 0.269 e. The van der Waals surface area contributed by atoms with Gasteiger partial charge < -0.3 is 43.4 Å². The van der Waals surface area contributed by atoms with Crippen molar-refractivity contribution in [3.05, 3.63) is 0 Å². The number of rotatable bonds is 17. The Labute approximate surface area is 166 Å². The monoisotopic (exact) mass is 403 g/mol. The van der Waals surface area contributed by atoms with Crippen LogP contribution < -0.4 is 33.2 Å². The van der Waals surface area contributed by atoms with Crippen molar-refractivity contribution in [1.82, 2.24) is 16.0 Å². The average molecular weight is 404 g/mol. The standard InChI is InChI=1S/C17H37N7O4/c18-7-5-9-21-8-3-4-10-22-15(27)16(28)24-14(26)12-13(25)6-1-2-11-23-17(19)20/h13,16,21,25,28H,1-12,18H2,(H,22,27)(H,24,26)(H4,19,20,23)/t13-,16-/m0/s1. The highest BCUT2D eigenvalue weighted by Crippen LogP contribution is 2.05. The molecular formula is C17H37N7O4. The number of aliphatic imine (C=N–C) groups is 1. The summed E-state index contributed by atoms with van der Waals surface area (Å²) < 4.78 is 0. The molecule has 0 aliphatic carbocycles. The fraction of sp³-hybridized carbons (Fsp3) is 0.824. The number of nitrogens with zero attached hydrogens (tertiary/aromatic N) is 1. The van der Waals surface area contributed by atoms with Crippen LogP contribution in [0, 0.1) is 0 Å². The van der Waals surface area contributed by atoms with E-state index in [1.165, 1.54) is 0 Å². The van der Waals surface area contributed by atoms with E-state index < -0.39 is 24.1 Å². The van der Waals surface area contributed by atoms with Gasteiger partial charge in [0.25, 0.3) is 5.91 Å². The molecule has 0 rings (SSSR count). The molecule has 0 aromatic heterocycles. The first kappa shape index (κ1) is 26.1. The second-order valence-electron chi connectivity index (χ2n) is 6.52. The Morgan fingerprint density at radius 2 is 1.64 bits per heavy atom. The lowest BCUT2D eigenvalue weighted by atomic mass is 10.1. The van der Waals surface area contributed by atoms with E-state index >= 15 is 0 Å². The maximum atomic E-state index is 11.8. The molecule has 28 heavy (non-hydrogen) atoms. The van der Waals surface area contributed by atoms with Crippen LogP contribution in [0.25, 0.3) is 0 Å². The van der Waals surface area contributed by atoms with Crippen molar-refractivity contribution in [2.24, 2.45) is 22.2 Å². The molecule has 0 spiro atoms. The molecule has 0 fully saturated rings. The topological polar surface area (TPSA) is 201 Å².